The summed E-state index contributed by atoms with van der Waals surface area (Å²) < 4.78 is 1.10. The van der Waals surface area contributed by atoms with E-state index >= 15 is 0 Å². The molecule has 1 aliphatic rings. The van der Waals surface area contributed by atoms with Crippen molar-refractivity contribution in [3.05, 3.63) is 83.4 Å². The normalized spacial score (nSPS) is 16.9. The van der Waals surface area contributed by atoms with Gasteiger partial charge in [0.15, 0.2) is 0 Å². The minimum Gasteiger partial charge on any atom is -0.337 e. The van der Waals surface area contributed by atoms with Gasteiger partial charge in [-0.15, -0.1) is 0 Å². The van der Waals surface area contributed by atoms with Crippen molar-refractivity contribution >= 4 is 29.5 Å². The number of benzene rings is 2. The fourth-order valence-corrected chi connectivity index (χ4v) is 6.98. The first-order valence-corrected chi connectivity index (χ1v) is 17.1. The summed E-state index contributed by atoms with van der Waals surface area (Å²) in [7, 11) is 3.47. The average Bonchev–Trinajstić information content (AvgIpc) is 3.03. The van der Waals surface area contributed by atoms with Crippen molar-refractivity contribution in [2.24, 2.45) is 11.3 Å². The molecule has 0 aromatic heterocycles. The molecular weight excluding hydrogens is 610 g/mol. The molecular formula is C38H56ClN5O3. The fraction of sp³-hybridized carbons (Fsp3) is 0.553. The highest BCUT2D eigenvalue weighted by Crippen LogP contribution is 2.33. The summed E-state index contributed by atoms with van der Waals surface area (Å²) in [6.07, 6.45) is 1.90. The maximum absolute atomic E-state index is 14.3. The van der Waals surface area contributed by atoms with Crippen molar-refractivity contribution in [1.82, 2.24) is 24.4 Å². The number of rotatable bonds is 12. The first-order chi connectivity index (χ1) is 22.0. The van der Waals surface area contributed by atoms with E-state index in [4.69, 9.17) is 11.8 Å². The molecule has 47 heavy (non-hydrogen) atoms. The van der Waals surface area contributed by atoms with Gasteiger partial charge in [0.1, 0.15) is 6.04 Å². The number of carbonyl (C=O) groups excluding carboxylic acids is 3. The summed E-state index contributed by atoms with van der Waals surface area (Å²) >= 11 is 6.91. The predicted molar refractivity (Wildman–Crippen MR) is 192 cm³/mol. The van der Waals surface area contributed by atoms with Crippen molar-refractivity contribution in [2.45, 2.75) is 85.5 Å². The lowest BCUT2D eigenvalue weighted by molar-refractivity contribution is -0.147. The molecule has 2 aromatic rings. The van der Waals surface area contributed by atoms with Crippen LogP contribution < -0.4 is 5.32 Å². The molecule has 1 saturated heterocycles. The van der Waals surface area contributed by atoms with Crippen molar-refractivity contribution in [3.8, 4) is 0 Å². The Bertz CT molecular complexity index is 1360. The maximum atomic E-state index is 14.3. The zero-order valence-corrected chi connectivity index (χ0v) is 30.8. The van der Waals surface area contributed by atoms with E-state index in [0.29, 0.717) is 18.7 Å². The Kier molecular flexibility index (Phi) is 13.2. The molecule has 1 heterocycles. The third-order valence-electron chi connectivity index (χ3n) is 9.41. The Balaban J connectivity index is 1.78. The second-order valence-electron chi connectivity index (χ2n) is 14.8. The minimum atomic E-state index is -0.951. The lowest BCUT2D eigenvalue weighted by Crippen LogP contribution is -2.60. The van der Waals surface area contributed by atoms with Crippen LogP contribution in [0.25, 0.3) is 0 Å². The molecule has 9 heteroatoms. The summed E-state index contributed by atoms with van der Waals surface area (Å²) in [5.41, 5.74) is 1.57. The molecule has 8 nitrogen and oxygen atoms in total. The fourth-order valence-electron chi connectivity index (χ4n) is 6.50. The van der Waals surface area contributed by atoms with Gasteiger partial charge in [-0.3, -0.25) is 19.3 Å². The van der Waals surface area contributed by atoms with E-state index in [2.05, 4.69) is 22.3 Å². The van der Waals surface area contributed by atoms with Gasteiger partial charge in [-0.2, -0.15) is 0 Å². The van der Waals surface area contributed by atoms with Crippen molar-refractivity contribution in [2.75, 3.05) is 40.3 Å². The molecule has 1 N–H and O–H groups in total. The standard InChI is InChI=1S/C38H56ClN5O3/c1-27(2)31(25-28(3)34(45)43-23-21-42(22-24-43)26-29-17-13-11-14-18-29)41(10)36(47)33(37(4,5)6)44(39)35(46)32(40-9)38(7,8)30-19-15-12-16-20-30/h11-20,25,27,31-33,40H,21-24,26H2,1-10H3/t31-,32-,33-/m1/s1. The number of nitrogens with zero attached hydrogens (tertiary/aromatic N) is 4. The van der Waals surface area contributed by atoms with Gasteiger partial charge in [0, 0.05) is 62.5 Å². The summed E-state index contributed by atoms with van der Waals surface area (Å²) in [5, 5.41) is 3.17. The smallest absolute Gasteiger partial charge is 0.255 e. The topological polar surface area (TPSA) is 76.2 Å². The van der Waals surface area contributed by atoms with Crippen LogP contribution in [0.2, 0.25) is 0 Å². The van der Waals surface area contributed by atoms with E-state index in [9.17, 15) is 14.4 Å². The zero-order valence-electron chi connectivity index (χ0n) is 30.1. The Labute approximate surface area is 288 Å². The van der Waals surface area contributed by atoms with Gasteiger partial charge in [0.25, 0.3) is 5.91 Å². The number of amides is 3. The number of hydrogen-bond donors (Lipinski definition) is 1. The molecule has 3 amide bonds. The number of piperazine rings is 1. The van der Waals surface area contributed by atoms with Crippen LogP contribution in [0.4, 0.5) is 0 Å². The van der Waals surface area contributed by atoms with E-state index in [0.717, 1.165) is 29.6 Å². The maximum Gasteiger partial charge on any atom is 0.255 e. The van der Waals surface area contributed by atoms with Crippen molar-refractivity contribution < 1.29 is 14.4 Å². The Morgan fingerprint density at radius 2 is 1.43 bits per heavy atom. The lowest BCUT2D eigenvalue weighted by Gasteiger charge is -2.42. The molecule has 0 spiro atoms. The molecule has 0 saturated carbocycles. The monoisotopic (exact) mass is 665 g/mol. The second-order valence-corrected chi connectivity index (χ2v) is 15.2. The quantitative estimate of drug-likeness (QED) is 0.232. The van der Waals surface area contributed by atoms with Gasteiger partial charge in [-0.05, 0) is 36.4 Å². The Morgan fingerprint density at radius 3 is 1.91 bits per heavy atom. The van der Waals surface area contributed by atoms with Crippen LogP contribution in [0.15, 0.2) is 72.3 Å². The molecule has 0 bridgehead atoms. The zero-order chi connectivity index (χ0) is 35.1. The van der Waals surface area contributed by atoms with Crippen LogP contribution in [-0.4, -0.2) is 95.2 Å². The number of halogens is 1. The number of carbonyl (C=O) groups is 3. The molecule has 0 aliphatic carbocycles. The van der Waals surface area contributed by atoms with Crippen molar-refractivity contribution in [1.29, 1.82) is 0 Å². The van der Waals surface area contributed by atoms with Crippen LogP contribution in [0.3, 0.4) is 0 Å². The third kappa shape index (κ3) is 9.46. The van der Waals surface area contributed by atoms with Gasteiger partial charge < -0.3 is 15.1 Å². The van der Waals surface area contributed by atoms with E-state index < -0.39 is 22.9 Å². The first kappa shape index (κ1) is 38.2. The highest BCUT2D eigenvalue weighted by molar-refractivity contribution is 6.24. The number of nitrogens with one attached hydrogen (secondary N) is 1. The van der Waals surface area contributed by atoms with E-state index in [1.165, 1.54) is 5.56 Å². The van der Waals surface area contributed by atoms with Crippen LogP contribution in [-0.2, 0) is 26.3 Å². The van der Waals surface area contributed by atoms with Gasteiger partial charge in [-0.25, -0.2) is 4.42 Å². The summed E-state index contributed by atoms with van der Waals surface area (Å²) in [6.45, 7) is 19.4. The lowest BCUT2D eigenvalue weighted by atomic mass is 9.76. The summed E-state index contributed by atoms with van der Waals surface area (Å²) in [4.78, 5) is 47.9. The highest BCUT2D eigenvalue weighted by Gasteiger charge is 2.46. The summed E-state index contributed by atoms with van der Waals surface area (Å²) in [5.74, 6) is -0.661. The number of hydrogen-bond acceptors (Lipinski definition) is 5. The van der Waals surface area contributed by atoms with E-state index in [-0.39, 0.29) is 29.7 Å². The molecule has 3 rings (SSSR count). The Hall–Kier alpha value is -3.20. The van der Waals surface area contributed by atoms with Crippen LogP contribution in [0.5, 0.6) is 0 Å². The molecule has 258 valence electrons. The molecule has 0 radical (unpaired) electrons. The van der Waals surface area contributed by atoms with Crippen LogP contribution in [0.1, 0.15) is 66.5 Å². The van der Waals surface area contributed by atoms with E-state index in [1.54, 1.807) is 19.0 Å². The van der Waals surface area contributed by atoms with Crippen LogP contribution in [0, 0.1) is 11.3 Å². The average molecular weight is 666 g/mol. The largest absolute Gasteiger partial charge is 0.337 e. The molecule has 2 aromatic carbocycles. The van der Waals surface area contributed by atoms with E-state index in [1.807, 2.05) is 115 Å². The van der Waals surface area contributed by atoms with Gasteiger partial charge in [0.2, 0.25) is 11.8 Å². The van der Waals surface area contributed by atoms with Gasteiger partial charge in [-0.1, -0.05) is 115 Å². The van der Waals surface area contributed by atoms with Gasteiger partial charge in [0.05, 0.1) is 12.1 Å². The molecule has 1 fully saturated rings. The third-order valence-corrected chi connectivity index (χ3v) is 9.77. The first-order valence-electron chi connectivity index (χ1n) is 16.7. The van der Waals surface area contributed by atoms with Crippen molar-refractivity contribution in [3.63, 3.8) is 0 Å². The second kappa shape index (κ2) is 16.3. The molecule has 3 atom stereocenters. The molecule has 0 unspecified atom stereocenters. The SMILES string of the molecule is CN[C@H](C(=O)N(Cl)[C@H](C(=O)N(C)[C@H](C=C(C)C(=O)N1CCN(Cc2ccccc2)CC1)C(C)C)C(C)(C)C)C(C)(C)c1ccccc1. The summed E-state index contributed by atoms with van der Waals surface area (Å²) in [6, 6.07) is 18.2. The molecule has 1 aliphatic heterocycles. The minimum absolute atomic E-state index is 0.0107. The van der Waals surface area contributed by atoms with Gasteiger partial charge >= 0.3 is 0 Å². The Morgan fingerprint density at radius 1 is 0.894 bits per heavy atom. The highest BCUT2D eigenvalue weighted by atomic mass is 35.5. The van der Waals surface area contributed by atoms with Crippen LogP contribution >= 0.6 is 11.8 Å². The predicted octanol–water partition coefficient (Wildman–Crippen LogP) is 5.72. The number of likely N-dealkylation sites (N-methyl/N-ethyl adjacent to an activating group) is 2.